The predicted molar refractivity (Wildman–Crippen MR) is 174 cm³/mol. The highest BCUT2D eigenvalue weighted by atomic mass is 19.4. The average molecular weight is 683 g/mol. The van der Waals surface area contributed by atoms with Crippen LogP contribution in [0.15, 0.2) is 79.4 Å². The summed E-state index contributed by atoms with van der Waals surface area (Å²) in [7, 11) is 3.00. The third-order valence-corrected chi connectivity index (χ3v) is 7.32. The van der Waals surface area contributed by atoms with E-state index in [1.165, 1.54) is 61.5 Å². The van der Waals surface area contributed by atoms with Crippen LogP contribution in [0.2, 0.25) is 0 Å². The summed E-state index contributed by atoms with van der Waals surface area (Å²) in [6.45, 7) is 5.97. The van der Waals surface area contributed by atoms with Crippen molar-refractivity contribution in [2.75, 3.05) is 39.2 Å². The number of anilines is 1. The minimum atomic E-state index is -4.52. The number of allylic oxidation sites excluding steroid dienone is 1. The Hall–Kier alpha value is -5.46. The van der Waals surface area contributed by atoms with E-state index in [0.717, 1.165) is 12.1 Å². The van der Waals surface area contributed by atoms with Gasteiger partial charge in [-0.1, -0.05) is 42.5 Å². The zero-order valence-electron chi connectivity index (χ0n) is 27.5. The van der Waals surface area contributed by atoms with Crippen molar-refractivity contribution < 1.29 is 51.4 Å². The van der Waals surface area contributed by atoms with Gasteiger partial charge in [0.25, 0.3) is 11.8 Å². The maximum Gasteiger partial charge on any atom is 0.416 e. The van der Waals surface area contributed by atoms with Crippen molar-refractivity contribution in [1.82, 2.24) is 4.90 Å². The van der Waals surface area contributed by atoms with Gasteiger partial charge < -0.3 is 24.4 Å². The summed E-state index contributed by atoms with van der Waals surface area (Å²) in [6, 6.07) is 15.0. The maximum absolute atomic E-state index is 13.5. The van der Waals surface area contributed by atoms with Crippen LogP contribution in [0.5, 0.6) is 0 Å². The second-order valence-electron chi connectivity index (χ2n) is 11.0. The smallest absolute Gasteiger partial charge is 0.416 e. The number of esters is 3. The number of carbonyl (C=O) groups excluding carboxylic acids is 5. The minimum absolute atomic E-state index is 0.0305. The van der Waals surface area contributed by atoms with Crippen LogP contribution >= 0.6 is 0 Å². The minimum Gasteiger partial charge on any atom is -0.465 e. The molecule has 0 aliphatic rings. The highest BCUT2D eigenvalue weighted by Crippen LogP contribution is 2.33. The first-order valence-corrected chi connectivity index (χ1v) is 15.2. The summed E-state index contributed by atoms with van der Waals surface area (Å²) < 4.78 is 54.8. The number of hydrogen-bond donors (Lipinski definition) is 1. The largest absolute Gasteiger partial charge is 0.465 e. The Morgan fingerprint density at radius 1 is 0.837 bits per heavy atom. The van der Waals surface area contributed by atoms with Crippen LogP contribution in [0.25, 0.3) is 11.1 Å². The topological polar surface area (TPSA) is 128 Å². The molecule has 0 saturated heterocycles. The van der Waals surface area contributed by atoms with Gasteiger partial charge in [0.15, 0.2) is 0 Å². The van der Waals surface area contributed by atoms with E-state index in [0.29, 0.717) is 16.7 Å². The zero-order chi connectivity index (χ0) is 36.4. The van der Waals surface area contributed by atoms with Crippen molar-refractivity contribution >= 4 is 35.4 Å². The number of ether oxygens (including phenoxy) is 3. The van der Waals surface area contributed by atoms with Crippen LogP contribution in [0.4, 0.5) is 18.9 Å². The lowest BCUT2D eigenvalue weighted by Gasteiger charge is -2.27. The van der Waals surface area contributed by atoms with Crippen LogP contribution in [-0.2, 0) is 41.2 Å². The van der Waals surface area contributed by atoms with E-state index in [2.05, 4.69) is 11.9 Å². The lowest BCUT2D eigenvalue weighted by atomic mass is 9.85. The molecule has 0 saturated carbocycles. The normalized spacial score (nSPS) is 11.2. The molecule has 3 rings (SSSR count). The molecule has 0 fully saturated rings. The molecule has 260 valence electrons. The van der Waals surface area contributed by atoms with Gasteiger partial charge in [-0.3, -0.25) is 24.0 Å². The summed E-state index contributed by atoms with van der Waals surface area (Å²) in [6.07, 6.45) is -3.78. The van der Waals surface area contributed by atoms with Gasteiger partial charge in [0.2, 0.25) is 5.41 Å². The van der Waals surface area contributed by atoms with Crippen molar-refractivity contribution in [1.29, 1.82) is 0 Å². The fourth-order valence-corrected chi connectivity index (χ4v) is 4.82. The van der Waals surface area contributed by atoms with E-state index in [9.17, 15) is 37.1 Å². The molecule has 10 nitrogen and oxygen atoms in total. The molecule has 0 aromatic heterocycles. The second-order valence-corrected chi connectivity index (χ2v) is 11.0. The average Bonchev–Trinajstić information content (AvgIpc) is 3.06. The monoisotopic (exact) mass is 682 g/mol. The number of hydrogen-bond acceptors (Lipinski definition) is 8. The molecule has 0 radical (unpaired) electrons. The molecule has 0 spiro atoms. The van der Waals surface area contributed by atoms with E-state index < -0.39 is 53.5 Å². The predicted octanol–water partition coefficient (Wildman–Crippen LogP) is 6.10. The number of carbonyl (C=O) groups is 5. The molecule has 1 N–H and O–H groups in total. The van der Waals surface area contributed by atoms with Crippen molar-refractivity contribution in [2.45, 2.75) is 32.9 Å². The Morgan fingerprint density at radius 3 is 2.00 bits per heavy atom. The van der Waals surface area contributed by atoms with Crippen LogP contribution in [0.3, 0.4) is 0 Å². The fraction of sp³-hybridized carbons (Fsp3) is 0.306. The van der Waals surface area contributed by atoms with E-state index in [1.54, 1.807) is 32.0 Å². The second kappa shape index (κ2) is 16.6. The van der Waals surface area contributed by atoms with Gasteiger partial charge in [-0.25, -0.2) is 0 Å². The van der Waals surface area contributed by atoms with Crippen molar-refractivity contribution in [3.8, 4) is 11.1 Å². The molecule has 13 heteroatoms. The molecular formula is C36H37F3N2O8. The Kier molecular flexibility index (Phi) is 12.9. The molecule has 2 amide bonds. The van der Waals surface area contributed by atoms with Crippen molar-refractivity contribution in [3.05, 3.63) is 102 Å². The fourth-order valence-electron chi connectivity index (χ4n) is 4.82. The number of benzene rings is 3. The first kappa shape index (κ1) is 38.0. The number of rotatable bonds is 14. The van der Waals surface area contributed by atoms with Gasteiger partial charge in [-0.2, -0.15) is 13.2 Å². The third kappa shape index (κ3) is 9.34. The summed E-state index contributed by atoms with van der Waals surface area (Å²) >= 11 is 0. The number of halogens is 3. The first-order chi connectivity index (χ1) is 23.2. The van der Waals surface area contributed by atoms with Crippen LogP contribution in [0.1, 0.15) is 52.1 Å². The molecule has 0 aliphatic carbocycles. The Balaban J connectivity index is 1.87. The van der Waals surface area contributed by atoms with Crippen LogP contribution in [0, 0.1) is 5.41 Å². The van der Waals surface area contributed by atoms with Crippen LogP contribution in [-0.4, -0.2) is 68.5 Å². The molecule has 0 atom stereocenters. The highest BCUT2D eigenvalue weighted by molar-refractivity contribution is 6.12. The van der Waals surface area contributed by atoms with Gasteiger partial charge in [0, 0.05) is 19.7 Å². The SMILES string of the molecule is C=CCC(COC(=O)Cc1ccc(NC(=O)c2ccccc2-c2ccc(C(F)(F)F)cc2)c(C(=O)N(C)C)c1)(C(=O)OCC)C(=O)OCC. The number of alkyl halides is 3. The van der Waals surface area contributed by atoms with Crippen molar-refractivity contribution in [2.24, 2.45) is 5.41 Å². The Bertz CT molecular complexity index is 1680. The number of amides is 2. The Labute approximate surface area is 281 Å². The van der Waals surface area contributed by atoms with Crippen LogP contribution < -0.4 is 5.32 Å². The molecule has 0 unspecified atom stereocenters. The third-order valence-electron chi connectivity index (χ3n) is 7.32. The summed E-state index contributed by atoms with van der Waals surface area (Å²) in [4.78, 5) is 66.6. The van der Waals surface area contributed by atoms with Gasteiger partial charge in [0.1, 0.15) is 6.61 Å². The highest BCUT2D eigenvalue weighted by Gasteiger charge is 2.49. The van der Waals surface area contributed by atoms with E-state index >= 15 is 0 Å². The summed E-state index contributed by atoms with van der Waals surface area (Å²) in [5.41, 5.74) is -1.44. The standard InChI is InChI=1S/C36H37F3N2O8/c1-6-19-35(33(45)47-7-2,34(46)48-8-3)22-49-30(42)21-23-13-18-29(28(20-23)32(44)41(4)5)40-31(43)27-12-10-9-11-26(27)24-14-16-25(17-15-24)36(37,38)39/h6,9-18,20H,1,7-8,19,21-22H2,2-5H3,(H,40,43). The number of nitrogens with one attached hydrogen (secondary N) is 1. The quantitative estimate of drug-likeness (QED) is 0.0936. The first-order valence-electron chi connectivity index (χ1n) is 15.2. The summed E-state index contributed by atoms with van der Waals surface area (Å²) in [5, 5.41) is 2.70. The van der Waals surface area contributed by atoms with E-state index in [-0.39, 0.29) is 42.9 Å². The number of nitrogens with zero attached hydrogens (tertiary/aromatic N) is 1. The molecule has 0 aliphatic heterocycles. The molecule has 0 bridgehead atoms. The zero-order valence-corrected chi connectivity index (χ0v) is 27.5. The maximum atomic E-state index is 13.5. The van der Waals surface area contributed by atoms with E-state index in [1.807, 2.05) is 0 Å². The molecule has 3 aromatic rings. The van der Waals surface area contributed by atoms with Crippen molar-refractivity contribution in [3.63, 3.8) is 0 Å². The van der Waals surface area contributed by atoms with Gasteiger partial charge in [0.05, 0.1) is 36.4 Å². The van der Waals surface area contributed by atoms with Gasteiger partial charge in [-0.15, -0.1) is 6.58 Å². The lowest BCUT2D eigenvalue weighted by molar-refractivity contribution is -0.178. The Morgan fingerprint density at radius 2 is 1.45 bits per heavy atom. The lowest BCUT2D eigenvalue weighted by Crippen LogP contribution is -2.46. The van der Waals surface area contributed by atoms with Gasteiger partial charge >= 0.3 is 24.1 Å². The molecule has 0 heterocycles. The summed E-state index contributed by atoms with van der Waals surface area (Å²) in [5.74, 6) is -3.82. The molecular weight excluding hydrogens is 645 g/mol. The molecule has 49 heavy (non-hydrogen) atoms. The van der Waals surface area contributed by atoms with E-state index in [4.69, 9.17) is 14.2 Å². The van der Waals surface area contributed by atoms with Gasteiger partial charge in [-0.05, 0) is 67.3 Å². The molecule has 3 aromatic carbocycles.